The fourth-order valence-electron chi connectivity index (χ4n) is 4.18. The lowest BCUT2D eigenvalue weighted by Gasteiger charge is -2.31. The number of aromatic nitrogens is 1. The molecule has 2 aromatic carbocycles. The largest absolute Gasteiger partial charge is 0.511 e. The van der Waals surface area contributed by atoms with Gasteiger partial charge in [-0.25, -0.2) is 33.9 Å². The molecule has 10 nitrogen and oxygen atoms in total. The van der Waals surface area contributed by atoms with Crippen molar-refractivity contribution in [2.75, 3.05) is 26.7 Å². The standard InChI is InChI=1S/C22H24F3N3O7S3/c1-35-18-6-8-19(9-7-18)36(29,30)28-20-5-3-2-4-17(20)14-21(28)37(31,32)27-12-10-16(11-13-27)15-26-38(33,34)22(23,24)25/h2-9,14,16,26H,10-13,15H2,1H3. The number of rotatable bonds is 8. The van der Waals surface area contributed by atoms with Crippen molar-refractivity contribution in [1.29, 1.82) is 0 Å². The molecular formula is C22H24F3N3O7S3. The lowest BCUT2D eigenvalue weighted by Crippen LogP contribution is -2.44. The van der Waals surface area contributed by atoms with E-state index in [4.69, 9.17) is 4.74 Å². The highest BCUT2D eigenvalue weighted by molar-refractivity contribution is 7.92. The molecule has 0 aliphatic carbocycles. The first-order valence-corrected chi connectivity index (χ1v) is 15.6. The van der Waals surface area contributed by atoms with Crippen molar-refractivity contribution < 1.29 is 43.2 Å². The lowest BCUT2D eigenvalue weighted by molar-refractivity contribution is -0.0448. The number of sulfonamides is 2. The second-order valence-electron chi connectivity index (χ2n) is 8.63. The van der Waals surface area contributed by atoms with Crippen LogP contribution in [0.2, 0.25) is 0 Å². The van der Waals surface area contributed by atoms with E-state index in [1.165, 1.54) is 48.2 Å². The number of ether oxygens (including phenoxy) is 1. The Bertz CT molecular complexity index is 1640. The van der Waals surface area contributed by atoms with E-state index < -0.39 is 53.1 Å². The molecule has 1 fully saturated rings. The topological polar surface area (TPSA) is 132 Å². The Kier molecular flexibility index (Phi) is 7.57. The zero-order chi connectivity index (χ0) is 27.9. The van der Waals surface area contributed by atoms with Gasteiger partial charge < -0.3 is 4.74 Å². The Morgan fingerprint density at radius 1 is 0.921 bits per heavy atom. The molecule has 1 saturated heterocycles. The maximum absolute atomic E-state index is 13.7. The van der Waals surface area contributed by atoms with Crippen LogP contribution in [0.25, 0.3) is 10.9 Å². The van der Waals surface area contributed by atoms with Gasteiger partial charge in [-0.2, -0.15) is 17.5 Å². The normalized spacial score (nSPS) is 16.6. The highest BCUT2D eigenvalue weighted by Gasteiger charge is 2.46. The quantitative estimate of drug-likeness (QED) is 0.424. The van der Waals surface area contributed by atoms with E-state index in [-0.39, 0.29) is 36.3 Å². The van der Waals surface area contributed by atoms with Crippen LogP contribution in [0, 0.1) is 5.92 Å². The van der Waals surface area contributed by atoms with Crippen molar-refractivity contribution in [3.05, 3.63) is 54.6 Å². The molecule has 2 heterocycles. The Morgan fingerprint density at radius 2 is 1.53 bits per heavy atom. The van der Waals surface area contributed by atoms with E-state index in [1.807, 2.05) is 0 Å². The van der Waals surface area contributed by atoms with E-state index in [2.05, 4.69) is 0 Å². The summed E-state index contributed by atoms with van der Waals surface area (Å²) in [6.07, 6.45) is 0.149. The highest BCUT2D eigenvalue weighted by Crippen LogP contribution is 2.32. The zero-order valence-electron chi connectivity index (χ0n) is 19.9. The minimum Gasteiger partial charge on any atom is -0.497 e. The Balaban J connectivity index is 1.64. The molecule has 0 bridgehead atoms. The summed E-state index contributed by atoms with van der Waals surface area (Å²) in [5.41, 5.74) is -5.29. The maximum Gasteiger partial charge on any atom is 0.511 e. The summed E-state index contributed by atoms with van der Waals surface area (Å²) in [5, 5.41) is -0.106. The fraction of sp³-hybridized carbons (Fsp3) is 0.364. The van der Waals surface area contributed by atoms with Crippen molar-refractivity contribution in [2.24, 2.45) is 5.92 Å². The van der Waals surface area contributed by atoms with Crippen LogP contribution < -0.4 is 9.46 Å². The predicted octanol–water partition coefficient (Wildman–Crippen LogP) is 2.73. The molecule has 1 aliphatic heterocycles. The van der Waals surface area contributed by atoms with Gasteiger partial charge in [-0.1, -0.05) is 18.2 Å². The summed E-state index contributed by atoms with van der Waals surface area (Å²) < 4.78 is 123. The summed E-state index contributed by atoms with van der Waals surface area (Å²) in [6.45, 7) is -0.766. The molecule has 16 heteroatoms. The van der Waals surface area contributed by atoms with Crippen LogP contribution in [0.3, 0.4) is 0 Å². The molecule has 0 unspecified atom stereocenters. The van der Waals surface area contributed by atoms with Gasteiger partial charge in [0, 0.05) is 25.0 Å². The average Bonchev–Trinajstić information content (AvgIpc) is 3.29. The molecule has 208 valence electrons. The van der Waals surface area contributed by atoms with E-state index >= 15 is 0 Å². The van der Waals surface area contributed by atoms with Crippen molar-refractivity contribution in [2.45, 2.75) is 28.3 Å². The molecule has 4 rings (SSSR count). The van der Waals surface area contributed by atoms with Gasteiger partial charge in [-0.3, -0.25) is 0 Å². The van der Waals surface area contributed by atoms with Gasteiger partial charge in [-0.05, 0) is 55.2 Å². The number of halogens is 3. The Morgan fingerprint density at radius 3 is 2.11 bits per heavy atom. The lowest BCUT2D eigenvalue weighted by atomic mass is 9.99. The van der Waals surface area contributed by atoms with Gasteiger partial charge in [-0.15, -0.1) is 0 Å². The molecule has 0 radical (unpaired) electrons. The fourth-order valence-corrected chi connectivity index (χ4v) is 8.32. The minimum atomic E-state index is -5.51. The number of methoxy groups -OCH3 is 1. The van der Waals surface area contributed by atoms with E-state index in [9.17, 15) is 38.4 Å². The summed E-state index contributed by atoms with van der Waals surface area (Å²) in [7, 11) is -12.8. The number of hydrogen-bond donors (Lipinski definition) is 1. The third kappa shape index (κ3) is 5.27. The molecule has 0 amide bonds. The van der Waals surface area contributed by atoms with Crippen LogP contribution in [0.15, 0.2) is 64.5 Å². The van der Waals surface area contributed by atoms with Crippen LogP contribution in [-0.2, 0) is 30.1 Å². The Labute approximate surface area is 218 Å². The molecule has 0 atom stereocenters. The number of piperidine rings is 1. The number of nitrogens with one attached hydrogen (secondary N) is 1. The van der Waals surface area contributed by atoms with Crippen molar-refractivity contribution in [1.82, 2.24) is 13.0 Å². The van der Waals surface area contributed by atoms with Crippen LogP contribution in [0.4, 0.5) is 13.2 Å². The van der Waals surface area contributed by atoms with Gasteiger partial charge >= 0.3 is 15.5 Å². The monoisotopic (exact) mass is 595 g/mol. The van der Waals surface area contributed by atoms with Gasteiger partial charge in [0.2, 0.25) is 0 Å². The van der Waals surface area contributed by atoms with Gasteiger partial charge in [0.25, 0.3) is 20.0 Å². The second-order valence-corrected chi connectivity index (χ2v) is 14.1. The van der Waals surface area contributed by atoms with Crippen molar-refractivity contribution in [3.63, 3.8) is 0 Å². The maximum atomic E-state index is 13.7. The van der Waals surface area contributed by atoms with Crippen molar-refractivity contribution in [3.8, 4) is 5.75 Å². The second kappa shape index (κ2) is 10.1. The van der Waals surface area contributed by atoms with E-state index in [0.29, 0.717) is 11.1 Å². The molecule has 3 aromatic rings. The molecule has 1 N–H and O–H groups in total. The zero-order valence-corrected chi connectivity index (χ0v) is 22.4. The molecule has 0 saturated carbocycles. The Hall–Kier alpha value is -2.66. The van der Waals surface area contributed by atoms with Gasteiger partial charge in [0.15, 0.2) is 5.03 Å². The minimum absolute atomic E-state index is 0.0745. The average molecular weight is 596 g/mol. The molecule has 0 spiro atoms. The van der Waals surface area contributed by atoms with Gasteiger partial charge in [0.05, 0.1) is 17.5 Å². The number of para-hydroxylation sites is 1. The van der Waals surface area contributed by atoms with Crippen LogP contribution in [-0.4, -0.2) is 65.8 Å². The predicted molar refractivity (Wildman–Crippen MR) is 132 cm³/mol. The SMILES string of the molecule is COc1ccc(S(=O)(=O)n2c(S(=O)(=O)N3CCC(CNS(=O)(=O)C(F)(F)F)CC3)cc3ccccc32)cc1. The number of hydrogen-bond acceptors (Lipinski definition) is 7. The summed E-state index contributed by atoms with van der Waals surface area (Å²) in [6, 6.07) is 13.0. The number of benzene rings is 2. The molecule has 38 heavy (non-hydrogen) atoms. The number of alkyl halides is 3. The first kappa shape index (κ1) is 28.4. The van der Waals surface area contributed by atoms with Gasteiger partial charge in [0.1, 0.15) is 5.75 Å². The van der Waals surface area contributed by atoms with E-state index in [1.54, 1.807) is 18.2 Å². The van der Waals surface area contributed by atoms with Crippen LogP contribution >= 0.6 is 0 Å². The molecule has 1 aliphatic rings. The summed E-state index contributed by atoms with van der Waals surface area (Å²) >= 11 is 0. The van der Waals surface area contributed by atoms with Crippen molar-refractivity contribution >= 4 is 41.0 Å². The first-order chi connectivity index (χ1) is 17.7. The van der Waals surface area contributed by atoms with Crippen LogP contribution in [0.5, 0.6) is 5.75 Å². The number of fused-ring (bicyclic) bond motifs is 1. The third-order valence-electron chi connectivity index (χ3n) is 6.28. The third-order valence-corrected chi connectivity index (χ3v) is 11.2. The number of nitrogens with zero attached hydrogens (tertiary/aromatic N) is 2. The first-order valence-electron chi connectivity index (χ1n) is 11.2. The summed E-state index contributed by atoms with van der Waals surface area (Å²) in [5.74, 6) is -0.123. The summed E-state index contributed by atoms with van der Waals surface area (Å²) in [4.78, 5) is -0.160. The van der Waals surface area contributed by atoms with E-state index in [0.717, 1.165) is 8.28 Å². The highest BCUT2D eigenvalue weighted by atomic mass is 32.2. The molecular weight excluding hydrogens is 571 g/mol. The molecule has 1 aromatic heterocycles. The van der Waals surface area contributed by atoms with Crippen LogP contribution in [0.1, 0.15) is 12.8 Å². The smallest absolute Gasteiger partial charge is 0.497 e.